The van der Waals surface area contributed by atoms with E-state index < -0.39 is 0 Å². The van der Waals surface area contributed by atoms with Gasteiger partial charge in [0.05, 0.1) is 11.6 Å². The number of hydrogen-bond donors (Lipinski definition) is 1. The number of hydrogen-bond acceptors (Lipinski definition) is 2. The molecule has 0 spiro atoms. The molecule has 0 bridgehead atoms. The number of amides is 1. The highest BCUT2D eigenvalue weighted by atomic mass is 79.9. The maximum Gasteiger partial charge on any atom is 0.225 e. The van der Waals surface area contributed by atoms with Crippen molar-refractivity contribution in [3.8, 4) is 5.75 Å². The molecular formula is C10H11Br2NO2. The fourth-order valence-corrected chi connectivity index (χ4v) is 1.82. The van der Waals surface area contributed by atoms with Crippen molar-refractivity contribution in [1.29, 1.82) is 0 Å². The standard InChI is InChI=1S/C10H11Br2NO2/c1-15-9-6-7(2-3-8(9)12)13-10(14)4-5-11/h2-3,6H,4-5H2,1H3,(H,13,14). The van der Waals surface area contributed by atoms with Crippen LogP contribution in [0.5, 0.6) is 5.75 Å². The van der Waals surface area contributed by atoms with Crippen LogP contribution in [0.3, 0.4) is 0 Å². The first-order valence-electron chi connectivity index (χ1n) is 4.36. The molecule has 1 aromatic carbocycles. The van der Waals surface area contributed by atoms with Crippen molar-refractivity contribution >= 4 is 43.5 Å². The molecule has 0 atom stereocenters. The van der Waals surface area contributed by atoms with Gasteiger partial charge in [0.25, 0.3) is 0 Å². The lowest BCUT2D eigenvalue weighted by molar-refractivity contribution is -0.115. The Morgan fingerprint density at radius 1 is 1.53 bits per heavy atom. The van der Waals surface area contributed by atoms with E-state index in [9.17, 15) is 4.79 Å². The summed E-state index contributed by atoms with van der Waals surface area (Å²) >= 11 is 6.55. The summed E-state index contributed by atoms with van der Waals surface area (Å²) in [4.78, 5) is 11.3. The minimum atomic E-state index is -0.0174. The van der Waals surface area contributed by atoms with E-state index in [1.54, 1.807) is 13.2 Å². The summed E-state index contributed by atoms with van der Waals surface area (Å²) in [6.07, 6.45) is 0.457. The third kappa shape index (κ3) is 3.83. The van der Waals surface area contributed by atoms with E-state index >= 15 is 0 Å². The SMILES string of the molecule is COc1cc(NC(=O)CCBr)ccc1Br. The number of anilines is 1. The number of nitrogens with one attached hydrogen (secondary N) is 1. The van der Waals surface area contributed by atoms with E-state index in [2.05, 4.69) is 37.2 Å². The Hall–Kier alpha value is -0.550. The van der Waals surface area contributed by atoms with Crippen LogP contribution in [0.15, 0.2) is 22.7 Å². The molecule has 3 nitrogen and oxygen atoms in total. The molecule has 15 heavy (non-hydrogen) atoms. The molecule has 0 radical (unpaired) electrons. The second kappa shape index (κ2) is 6.12. The van der Waals surface area contributed by atoms with Crippen LogP contribution in [0.4, 0.5) is 5.69 Å². The fraction of sp³-hybridized carbons (Fsp3) is 0.300. The Morgan fingerprint density at radius 3 is 2.87 bits per heavy atom. The largest absolute Gasteiger partial charge is 0.495 e. The second-order valence-corrected chi connectivity index (χ2v) is 4.48. The zero-order chi connectivity index (χ0) is 11.3. The molecule has 0 heterocycles. The van der Waals surface area contributed by atoms with Crippen molar-refractivity contribution in [3.63, 3.8) is 0 Å². The normalized spacial score (nSPS) is 9.80. The number of ether oxygens (including phenoxy) is 1. The molecule has 1 N–H and O–H groups in total. The zero-order valence-electron chi connectivity index (χ0n) is 8.22. The minimum Gasteiger partial charge on any atom is -0.495 e. The van der Waals surface area contributed by atoms with Crippen molar-refractivity contribution in [2.75, 3.05) is 17.8 Å². The number of alkyl halides is 1. The van der Waals surface area contributed by atoms with Gasteiger partial charge >= 0.3 is 0 Å². The van der Waals surface area contributed by atoms with Gasteiger partial charge in [-0.15, -0.1) is 0 Å². The monoisotopic (exact) mass is 335 g/mol. The van der Waals surface area contributed by atoms with Crippen molar-refractivity contribution in [1.82, 2.24) is 0 Å². The number of methoxy groups -OCH3 is 1. The summed E-state index contributed by atoms with van der Waals surface area (Å²) in [5.74, 6) is 0.683. The number of benzene rings is 1. The topological polar surface area (TPSA) is 38.3 Å². The van der Waals surface area contributed by atoms with Crippen LogP contribution >= 0.6 is 31.9 Å². The molecule has 0 aliphatic rings. The summed E-state index contributed by atoms with van der Waals surface area (Å²) in [6, 6.07) is 5.43. The van der Waals surface area contributed by atoms with Gasteiger partial charge in [-0.1, -0.05) is 15.9 Å². The summed E-state index contributed by atoms with van der Waals surface area (Å²) in [7, 11) is 1.59. The smallest absolute Gasteiger partial charge is 0.225 e. The van der Waals surface area contributed by atoms with E-state index in [1.807, 2.05) is 12.1 Å². The fourth-order valence-electron chi connectivity index (χ4n) is 1.05. The number of halogens is 2. The molecule has 1 amide bonds. The molecule has 0 unspecified atom stereocenters. The van der Waals surface area contributed by atoms with Crippen LogP contribution < -0.4 is 10.1 Å². The highest BCUT2D eigenvalue weighted by Crippen LogP contribution is 2.27. The molecule has 82 valence electrons. The number of carbonyl (C=O) groups excluding carboxylic acids is 1. The first-order valence-corrected chi connectivity index (χ1v) is 6.28. The lowest BCUT2D eigenvalue weighted by Gasteiger charge is -2.07. The van der Waals surface area contributed by atoms with Crippen LogP contribution in [-0.4, -0.2) is 18.3 Å². The first-order chi connectivity index (χ1) is 7.17. The molecule has 0 fully saturated rings. The maximum atomic E-state index is 11.3. The van der Waals surface area contributed by atoms with Gasteiger partial charge in [-0.3, -0.25) is 4.79 Å². The summed E-state index contributed by atoms with van der Waals surface area (Å²) in [5, 5.41) is 3.43. The van der Waals surface area contributed by atoms with Crippen LogP contribution in [0.2, 0.25) is 0 Å². The lowest BCUT2D eigenvalue weighted by Crippen LogP contribution is -2.11. The van der Waals surface area contributed by atoms with E-state index in [-0.39, 0.29) is 5.91 Å². The molecule has 0 saturated carbocycles. The van der Waals surface area contributed by atoms with Gasteiger partial charge in [-0.2, -0.15) is 0 Å². The van der Waals surface area contributed by atoms with E-state index in [4.69, 9.17) is 4.74 Å². The highest BCUT2D eigenvalue weighted by molar-refractivity contribution is 9.10. The molecule has 5 heteroatoms. The van der Waals surface area contributed by atoms with Crippen LogP contribution in [-0.2, 0) is 4.79 Å². The van der Waals surface area contributed by atoms with Gasteiger partial charge < -0.3 is 10.1 Å². The molecule has 1 rings (SSSR count). The Kier molecular flexibility index (Phi) is 5.11. The van der Waals surface area contributed by atoms with Crippen LogP contribution in [0.1, 0.15) is 6.42 Å². The average molecular weight is 337 g/mol. The number of rotatable bonds is 4. The first kappa shape index (κ1) is 12.5. The third-order valence-corrected chi connectivity index (χ3v) is 2.81. The van der Waals surface area contributed by atoms with Crippen LogP contribution in [0, 0.1) is 0 Å². The zero-order valence-corrected chi connectivity index (χ0v) is 11.4. The third-order valence-electron chi connectivity index (χ3n) is 1.76. The van der Waals surface area contributed by atoms with Gasteiger partial charge in [-0.05, 0) is 28.1 Å². The Labute approximate surface area is 105 Å². The summed E-state index contributed by atoms with van der Waals surface area (Å²) in [6.45, 7) is 0. The molecule has 1 aromatic rings. The van der Waals surface area contributed by atoms with Crippen molar-refractivity contribution in [2.45, 2.75) is 6.42 Å². The minimum absolute atomic E-state index is 0.0174. The lowest BCUT2D eigenvalue weighted by atomic mass is 10.3. The second-order valence-electron chi connectivity index (χ2n) is 2.84. The molecule has 0 aromatic heterocycles. The Morgan fingerprint density at radius 2 is 2.27 bits per heavy atom. The van der Waals surface area contributed by atoms with Gasteiger partial charge in [0.15, 0.2) is 0 Å². The molecule has 0 aliphatic carbocycles. The average Bonchev–Trinajstić information content (AvgIpc) is 2.21. The molecular weight excluding hydrogens is 326 g/mol. The quantitative estimate of drug-likeness (QED) is 0.857. The Balaban J connectivity index is 2.74. The van der Waals surface area contributed by atoms with Crippen molar-refractivity contribution < 1.29 is 9.53 Å². The number of carbonyl (C=O) groups is 1. The van der Waals surface area contributed by atoms with Crippen molar-refractivity contribution in [2.24, 2.45) is 0 Å². The molecule has 0 saturated heterocycles. The van der Waals surface area contributed by atoms with E-state index in [1.165, 1.54) is 0 Å². The van der Waals surface area contributed by atoms with Crippen LogP contribution in [0.25, 0.3) is 0 Å². The summed E-state index contributed by atoms with van der Waals surface area (Å²) in [5.41, 5.74) is 0.737. The van der Waals surface area contributed by atoms with Gasteiger partial charge in [-0.25, -0.2) is 0 Å². The maximum absolute atomic E-state index is 11.3. The highest BCUT2D eigenvalue weighted by Gasteiger charge is 2.04. The predicted molar refractivity (Wildman–Crippen MR) is 67.7 cm³/mol. The van der Waals surface area contributed by atoms with Gasteiger partial charge in [0, 0.05) is 23.5 Å². The van der Waals surface area contributed by atoms with E-state index in [0.717, 1.165) is 10.2 Å². The molecule has 0 aliphatic heterocycles. The predicted octanol–water partition coefficient (Wildman–Crippen LogP) is 3.18. The van der Waals surface area contributed by atoms with Crippen molar-refractivity contribution in [3.05, 3.63) is 22.7 Å². The summed E-state index contributed by atoms with van der Waals surface area (Å²) < 4.78 is 5.98. The van der Waals surface area contributed by atoms with E-state index in [0.29, 0.717) is 17.5 Å². The van der Waals surface area contributed by atoms with Gasteiger partial charge in [0.1, 0.15) is 5.75 Å². The Bertz CT molecular complexity index is 355. The van der Waals surface area contributed by atoms with Gasteiger partial charge in [0.2, 0.25) is 5.91 Å².